The molecule has 6 heteroatoms. The van der Waals surface area contributed by atoms with Crippen LogP contribution in [0.4, 0.5) is 0 Å². The molecule has 5 nitrogen and oxygen atoms in total. The Bertz CT molecular complexity index is 527. The van der Waals surface area contributed by atoms with Gasteiger partial charge >= 0.3 is 0 Å². The van der Waals surface area contributed by atoms with Crippen molar-refractivity contribution in [3.8, 4) is 0 Å². The van der Waals surface area contributed by atoms with Crippen LogP contribution in [0, 0.1) is 11.8 Å². The number of allylic oxidation sites excluding steroid dienone is 3. The van der Waals surface area contributed by atoms with E-state index in [4.69, 9.17) is 11.6 Å². The number of amides is 1. The first-order valence-electron chi connectivity index (χ1n) is 8.75. The molecule has 23 heavy (non-hydrogen) atoms. The van der Waals surface area contributed by atoms with Crippen molar-refractivity contribution in [2.24, 2.45) is 11.8 Å². The summed E-state index contributed by atoms with van der Waals surface area (Å²) in [6, 6.07) is 0.352. The maximum atomic E-state index is 12.6. The fourth-order valence-corrected chi connectivity index (χ4v) is 4.32. The summed E-state index contributed by atoms with van der Waals surface area (Å²) in [7, 11) is 0. The predicted octanol–water partition coefficient (Wildman–Crippen LogP) is 1.08. The Morgan fingerprint density at radius 3 is 2.78 bits per heavy atom. The van der Waals surface area contributed by atoms with Gasteiger partial charge in [-0.05, 0) is 44.3 Å². The summed E-state index contributed by atoms with van der Waals surface area (Å²) in [6.07, 6.45) is 9.51. The van der Waals surface area contributed by atoms with E-state index in [2.05, 4.69) is 26.7 Å². The van der Waals surface area contributed by atoms with E-state index < -0.39 is 0 Å². The number of piperidine rings is 3. The zero-order valence-electron chi connectivity index (χ0n) is 13.4. The third-order valence-corrected chi connectivity index (χ3v) is 5.95. The Hall–Kier alpha value is -1.04. The van der Waals surface area contributed by atoms with E-state index >= 15 is 0 Å². The van der Waals surface area contributed by atoms with Crippen LogP contribution in [-0.4, -0.2) is 60.0 Å². The lowest BCUT2D eigenvalue weighted by molar-refractivity contribution is -0.126. The maximum absolute atomic E-state index is 12.6. The molecule has 2 bridgehead atoms. The average molecular weight is 337 g/mol. The van der Waals surface area contributed by atoms with Gasteiger partial charge in [0.15, 0.2) is 0 Å². The first kappa shape index (κ1) is 15.5. The van der Waals surface area contributed by atoms with Crippen molar-refractivity contribution in [3.05, 3.63) is 23.9 Å². The largest absolute Gasteiger partial charge is 0.351 e. The van der Waals surface area contributed by atoms with Crippen molar-refractivity contribution in [2.75, 3.05) is 32.7 Å². The standard InChI is InChI=1S/C17H25ClN4O/c18-14-1-3-15(4-2-14)22-10-13(9-19-22)17(23)20-16-11-21-7-5-12(16)6-8-21/h1,3-4,12-14,16,19H,2,5-11H2,(H,20,23)/t13?,14-,16?/m1/s1. The SMILES string of the molecule is O=C(NC1CN2CCC1CC2)C1CNN(C2=CC[C@H](Cl)C=C2)C1. The number of rotatable bonds is 3. The summed E-state index contributed by atoms with van der Waals surface area (Å²) in [4.78, 5) is 15.1. The van der Waals surface area contributed by atoms with Gasteiger partial charge < -0.3 is 15.2 Å². The van der Waals surface area contributed by atoms with Gasteiger partial charge in [-0.1, -0.05) is 12.2 Å². The van der Waals surface area contributed by atoms with Crippen LogP contribution in [0.5, 0.6) is 0 Å². The van der Waals surface area contributed by atoms with Gasteiger partial charge in [-0.25, -0.2) is 5.43 Å². The van der Waals surface area contributed by atoms with Crippen molar-refractivity contribution in [1.29, 1.82) is 0 Å². The van der Waals surface area contributed by atoms with E-state index in [0.717, 1.165) is 25.2 Å². The molecule has 4 aliphatic heterocycles. The van der Waals surface area contributed by atoms with Crippen LogP contribution in [0.3, 0.4) is 0 Å². The molecule has 4 fully saturated rings. The summed E-state index contributed by atoms with van der Waals surface area (Å²) in [5.74, 6) is 0.905. The van der Waals surface area contributed by atoms with Crippen LogP contribution >= 0.6 is 11.6 Å². The summed E-state index contributed by atoms with van der Waals surface area (Å²) < 4.78 is 0. The monoisotopic (exact) mass is 336 g/mol. The zero-order chi connectivity index (χ0) is 15.8. The topological polar surface area (TPSA) is 47.6 Å². The number of halogens is 1. The molecule has 5 aliphatic rings. The number of hydrogen-bond acceptors (Lipinski definition) is 4. The van der Waals surface area contributed by atoms with E-state index in [1.54, 1.807) is 0 Å². The lowest BCUT2D eigenvalue weighted by atomic mass is 9.84. The molecule has 0 aromatic rings. The van der Waals surface area contributed by atoms with Gasteiger partial charge in [0.25, 0.3) is 0 Å². The molecule has 0 radical (unpaired) electrons. The highest BCUT2D eigenvalue weighted by atomic mass is 35.5. The second-order valence-corrected chi connectivity index (χ2v) is 7.72. The smallest absolute Gasteiger partial charge is 0.226 e. The second kappa shape index (κ2) is 6.46. The molecule has 4 saturated heterocycles. The molecule has 0 aromatic heterocycles. The van der Waals surface area contributed by atoms with Crippen LogP contribution < -0.4 is 10.7 Å². The van der Waals surface area contributed by atoms with Crippen molar-refractivity contribution in [2.45, 2.75) is 30.7 Å². The number of nitrogens with one attached hydrogen (secondary N) is 2. The van der Waals surface area contributed by atoms with E-state index in [1.165, 1.54) is 25.9 Å². The van der Waals surface area contributed by atoms with E-state index in [0.29, 0.717) is 18.5 Å². The molecule has 5 rings (SSSR count). The quantitative estimate of drug-likeness (QED) is 0.757. The minimum atomic E-state index is 0.0217. The molecular formula is C17H25ClN4O. The van der Waals surface area contributed by atoms with E-state index in [9.17, 15) is 4.79 Å². The van der Waals surface area contributed by atoms with Gasteiger partial charge in [-0.15, -0.1) is 11.6 Å². The summed E-state index contributed by atoms with van der Waals surface area (Å²) in [5.41, 5.74) is 4.47. The van der Waals surface area contributed by atoms with E-state index in [-0.39, 0.29) is 17.2 Å². The molecular weight excluding hydrogens is 312 g/mol. The molecule has 1 aliphatic carbocycles. The van der Waals surface area contributed by atoms with Crippen molar-refractivity contribution in [3.63, 3.8) is 0 Å². The highest BCUT2D eigenvalue weighted by Gasteiger charge is 2.37. The molecule has 0 saturated carbocycles. The first-order valence-corrected chi connectivity index (χ1v) is 9.19. The van der Waals surface area contributed by atoms with Gasteiger partial charge in [0.2, 0.25) is 5.91 Å². The molecule has 2 N–H and O–H groups in total. The van der Waals surface area contributed by atoms with Gasteiger partial charge in [-0.3, -0.25) is 4.79 Å². The first-order chi connectivity index (χ1) is 11.2. The highest BCUT2D eigenvalue weighted by Crippen LogP contribution is 2.28. The molecule has 3 atom stereocenters. The summed E-state index contributed by atoms with van der Waals surface area (Å²) in [5, 5.41) is 5.49. The van der Waals surface area contributed by atoms with Crippen LogP contribution in [0.1, 0.15) is 19.3 Å². The Morgan fingerprint density at radius 1 is 1.30 bits per heavy atom. The third kappa shape index (κ3) is 3.28. The Morgan fingerprint density at radius 2 is 2.13 bits per heavy atom. The minimum absolute atomic E-state index is 0.0217. The highest BCUT2D eigenvalue weighted by molar-refractivity contribution is 6.22. The lowest BCUT2D eigenvalue weighted by Crippen LogP contribution is -2.58. The van der Waals surface area contributed by atoms with Gasteiger partial charge in [0.05, 0.1) is 11.3 Å². The number of carbonyl (C=O) groups is 1. The Balaban J connectivity index is 1.31. The van der Waals surface area contributed by atoms with Crippen molar-refractivity contribution >= 4 is 17.5 Å². The van der Waals surface area contributed by atoms with Gasteiger partial charge in [0, 0.05) is 31.4 Å². The van der Waals surface area contributed by atoms with Crippen molar-refractivity contribution in [1.82, 2.24) is 20.7 Å². The van der Waals surface area contributed by atoms with E-state index in [1.807, 2.05) is 12.2 Å². The van der Waals surface area contributed by atoms with Crippen LogP contribution in [0.15, 0.2) is 23.9 Å². The normalized spacial score (nSPS) is 39.4. The predicted molar refractivity (Wildman–Crippen MR) is 90.8 cm³/mol. The number of hydrazine groups is 1. The number of carbonyl (C=O) groups excluding carboxylic acids is 1. The second-order valence-electron chi connectivity index (χ2n) is 7.16. The fraction of sp³-hybridized carbons (Fsp3) is 0.706. The van der Waals surface area contributed by atoms with Gasteiger partial charge in [-0.2, -0.15) is 0 Å². The van der Waals surface area contributed by atoms with Crippen LogP contribution in [0.25, 0.3) is 0 Å². The Kier molecular flexibility index (Phi) is 4.35. The number of fused-ring (bicyclic) bond motifs is 3. The molecule has 4 heterocycles. The minimum Gasteiger partial charge on any atom is -0.351 e. The summed E-state index contributed by atoms with van der Waals surface area (Å²) >= 11 is 6.07. The lowest BCUT2D eigenvalue weighted by Gasteiger charge is -2.45. The molecule has 1 amide bonds. The average Bonchev–Trinajstić information content (AvgIpc) is 3.07. The van der Waals surface area contributed by atoms with Crippen molar-refractivity contribution < 1.29 is 4.79 Å². The third-order valence-electron chi connectivity index (χ3n) is 5.63. The number of alkyl halides is 1. The molecule has 0 spiro atoms. The molecule has 0 aromatic carbocycles. The van der Waals surface area contributed by atoms with Crippen LogP contribution in [0.2, 0.25) is 0 Å². The maximum Gasteiger partial charge on any atom is 0.226 e. The Labute approximate surface area is 142 Å². The molecule has 2 unspecified atom stereocenters. The van der Waals surface area contributed by atoms with Gasteiger partial charge in [0.1, 0.15) is 0 Å². The molecule has 126 valence electrons. The summed E-state index contributed by atoms with van der Waals surface area (Å²) in [6.45, 7) is 4.89. The fourth-order valence-electron chi connectivity index (χ4n) is 4.15. The zero-order valence-corrected chi connectivity index (χ0v) is 14.1. The number of hydrogen-bond donors (Lipinski definition) is 2. The van der Waals surface area contributed by atoms with Crippen LogP contribution in [-0.2, 0) is 4.79 Å². The number of nitrogens with zero attached hydrogens (tertiary/aromatic N) is 2.